The van der Waals surface area contributed by atoms with Crippen LogP contribution < -0.4 is 5.32 Å². The van der Waals surface area contributed by atoms with Crippen LogP contribution in [0.15, 0.2) is 21.1 Å². The van der Waals surface area contributed by atoms with Gasteiger partial charge in [-0.2, -0.15) is 0 Å². The molecule has 1 heterocycles. The van der Waals surface area contributed by atoms with Crippen LogP contribution in [0, 0.1) is 0 Å². The standard InChI is InChI=1S/C11H13Br2NO/c12-7-4-5-8(13)11(15)10(7)9-3-1-2-6-14-9/h4-5,9,14-15H,1-3,6H2/t9-/m1/s1. The smallest absolute Gasteiger partial charge is 0.135 e. The summed E-state index contributed by atoms with van der Waals surface area (Å²) in [6.45, 7) is 1.03. The lowest BCUT2D eigenvalue weighted by Gasteiger charge is -2.25. The van der Waals surface area contributed by atoms with E-state index in [1.54, 1.807) is 0 Å². The number of piperidine rings is 1. The molecule has 0 unspecified atom stereocenters. The Kier molecular flexibility index (Phi) is 3.69. The van der Waals surface area contributed by atoms with Crippen LogP contribution in [-0.2, 0) is 0 Å². The number of halogens is 2. The number of nitrogens with one attached hydrogen (secondary N) is 1. The summed E-state index contributed by atoms with van der Waals surface area (Å²) in [5.41, 5.74) is 0.976. The molecule has 0 radical (unpaired) electrons. The highest BCUT2D eigenvalue weighted by Crippen LogP contribution is 2.39. The van der Waals surface area contributed by atoms with Gasteiger partial charge in [0.1, 0.15) is 5.75 Å². The number of aromatic hydroxyl groups is 1. The zero-order valence-corrected chi connectivity index (χ0v) is 11.4. The third kappa shape index (κ3) is 2.37. The van der Waals surface area contributed by atoms with Crippen LogP contribution in [0.5, 0.6) is 5.75 Å². The first-order chi connectivity index (χ1) is 7.20. The van der Waals surface area contributed by atoms with Crippen molar-refractivity contribution < 1.29 is 5.11 Å². The maximum atomic E-state index is 10.0. The summed E-state index contributed by atoms with van der Waals surface area (Å²) in [5, 5.41) is 13.4. The first-order valence-corrected chi connectivity index (χ1v) is 6.69. The third-order valence-electron chi connectivity index (χ3n) is 2.77. The number of hydrogen-bond acceptors (Lipinski definition) is 2. The molecule has 0 bridgehead atoms. The maximum Gasteiger partial charge on any atom is 0.135 e. The first kappa shape index (κ1) is 11.4. The summed E-state index contributed by atoms with van der Waals surface area (Å²) in [6.07, 6.45) is 3.53. The van der Waals surface area contributed by atoms with Gasteiger partial charge < -0.3 is 10.4 Å². The molecule has 2 N–H and O–H groups in total. The highest BCUT2D eigenvalue weighted by atomic mass is 79.9. The van der Waals surface area contributed by atoms with E-state index in [2.05, 4.69) is 37.2 Å². The van der Waals surface area contributed by atoms with E-state index >= 15 is 0 Å². The second-order valence-corrected chi connectivity index (χ2v) is 5.50. The minimum atomic E-state index is 0.269. The molecule has 1 saturated heterocycles. The highest BCUT2D eigenvalue weighted by Gasteiger charge is 2.21. The quantitative estimate of drug-likeness (QED) is 0.820. The molecule has 2 rings (SSSR count). The lowest BCUT2D eigenvalue weighted by atomic mass is 9.97. The maximum absolute atomic E-state index is 10.0. The molecule has 1 aromatic carbocycles. The van der Waals surface area contributed by atoms with E-state index in [4.69, 9.17) is 0 Å². The van der Waals surface area contributed by atoms with Crippen LogP contribution in [0.4, 0.5) is 0 Å². The molecule has 1 aromatic rings. The minimum Gasteiger partial charge on any atom is -0.506 e. The van der Waals surface area contributed by atoms with Crippen LogP contribution in [0.2, 0.25) is 0 Å². The van der Waals surface area contributed by atoms with Crippen molar-refractivity contribution in [1.82, 2.24) is 5.32 Å². The van der Waals surface area contributed by atoms with Gasteiger partial charge in [0.25, 0.3) is 0 Å². The molecule has 0 amide bonds. The van der Waals surface area contributed by atoms with Gasteiger partial charge in [-0.15, -0.1) is 0 Å². The van der Waals surface area contributed by atoms with Gasteiger partial charge in [-0.3, -0.25) is 0 Å². The molecular weight excluding hydrogens is 322 g/mol. The van der Waals surface area contributed by atoms with Crippen molar-refractivity contribution in [2.75, 3.05) is 6.54 Å². The lowest BCUT2D eigenvalue weighted by Crippen LogP contribution is -2.27. The molecule has 1 aliphatic rings. The van der Waals surface area contributed by atoms with Crippen molar-refractivity contribution in [3.8, 4) is 5.75 Å². The summed E-state index contributed by atoms with van der Waals surface area (Å²) >= 11 is 6.84. The summed E-state index contributed by atoms with van der Waals surface area (Å²) in [6, 6.07) is 4.09. The molecule has 1 aliphatic heterocycles. The fourth-order valence-corrected chi connectivity index (χ4v) is 2.93. The molecule has 15 heavy (non-hydrogen) atoms. The normalized spacial score (nSPS) is 21.6. The Hall–Kier alpha value is -0.0600. The van der Waals surface area contributed by atoms with Crippen LogP contribution in [0.3, 0.4) is 0 Å². The average molecular weight is 335 g/mol. The van der Waals surface area contributed by atoms with Crippen LogP contribution in [-0.4, -0.2) is 11.7 Å². The Morgan fingerprint density at radius 2 is 1.93 bits per heavy atom. The first-order valence-electron chi connectivity index (χ1n) is 5.10. The van der Waals surface area contributed by atoms with Crippen molar-refractivity contribution in [2.24, 2.45) is 0 Å². The summed E-state index contributed by atoms with van der Waals surface area (Å²) in [7, 11) is 0. The van der Waals surface area contributed by atoms with E-state index in [1.165, 1.54) is 12.8 Å². The van der Waals surface area contributed by atoms with E-state index in [1.807, 2.05) is 12.1 Å². The molecule has 0 aliphatic carbocycles. The van der Waals surface area contributed by atoms with E-state index in [0.29, 0.717) is 5.75 Å². The predicted octanol–water partition coefficient (Wildman–Crippen LogP) is 3.73. The molecule has 1 fully saturated rings. The van der Waals surface area contributed by atoms with Gasteiger partial charge in [0.2, 0.25) is 0 Å². The van der Waals surface area contributed by atoms with E-state index in [9.17, 15) is 5.11 Å². The van der Waals surface area contributed by atoms with Gasteiger partial charge in [0.05, 0.1) is 4.47 Å². The van der Waals surface area contributed by atoms with Gasteiger partial charge >= 0.3 is 0 Å². The summed E-state index contributed by atoms with van der Waals surface area (Å²) < 4.78 is 1.73. The van der Waals surface area contributed by atoms with Crippen LogP contribution in [0.1, 0.15) is 30.9 Å². The summed E-state index contributed by atoms with van der Waals surface area (Å²) in [4.78, 5) is 0. The molecular formula is C11H13Br2NO. The molecule has 0 saturated carbocycles. The predicted molar refractivity (Wildman–Crippen MR) is 68.1 cm³/mol. The number of hydrogen-bond donors (Lipinski definition) is 2. The number of benzene rings is 1. The zero-order valence-electron chi connectivity index (χ0n) is 8.26. The van der Waals surface area contributed by atoms with E-state index in [0.717, 1.165) is 27.5 Å². The van der Waals surface area contributed by atoms with Crippen LogP contribution >= 0.6 is 31.9 Å². The second kappa shape index (κ2) is 4.85. The Morgan fingerprint density at radius 3 is 2.60 bits per heavy atom. The molecule has 0 spiro atoms. The molecule has 82 valence electrons. The highest BCUT2D eigenvalue weighted by molar-refractivity contribution is 9.11. The Morgan fingerprint density at radius 1 is 1.20 bits per heavy atom. The van der Waals surface area contributed by atoms with E-state index in [-0.39, 0.29) is 6.04 Å². The SMILES string of the molecule is Oc1c(Br)ccc(Br)c1[C@H]1CCCCN1. The number of phenols is 1. The minimum absolute atomic E-state index is 0.269. The van der Waals surface area contributed by atoms with Crippen molar-refractivity contribution in [1.29, 1.82) is 0 Å². The summed E-state index contributed by atoms with van der Waals surface area (Å²) in [5.74, 6) is 0.351. The molecule has 4 heteroatoms. The van der Waals surface area contributed by atoms with Gasteiger partial charge in [0, 0.05) is 16.1 Å². The van der Waals surface area contributed by atoms with Gasteiger partial charge in [0.15, 0.2) is 0 Å². The number of phenolic OH excluding ortho intramolecular Hbond substituents is 1. The Bertz CT molecular complexity index is 362. The third-order valence-corrected chi connectivity index (χ3v) is 4.10. The molecule has 1 atom stereocenters. The molecule has 0 aromatic heterocycles. The topological polar surface area (TPSA) is 32.3 Å². The monoisotopic (exact) mass is 333 g/mol. The van der Waals surface area contributed by atoms with Crippen molar-refractivity contribution in [3.05, 3.63) is 26.6 Å². The van der Waals surface area contributed by atoms with Crippen molar-refractivity contribution in [2.45, 2.75) is 25.3 Å². The largest absolute Gasteiger partial charge is 0.506 e. The fourth-order valence-electron chi connectivity index (χ4n) is 1.99. The Labute approximate surface area is 106 Å². The lowest BCUT2D eigenvalue weighted by molar-refractivity contribution is 0.388. The fraction of sp³-hybridized carbons (Fsp3) is 0.455. The second-order valence-electron chi connectivity index (χ2n) is 3.79. The average Bonchev–Trinajstić information content (AvgIpc) is 2.26. The Balaban J connectivity index is 2.36. The molecule has 2 nitrogen and oxygen atoms in total. The van der Waals surface area contributed by atoms with Gasteiger partial charge in [-0.25, -0.2) is 0 Å². The van der Waals surface area contributed by atoms with Crippen LogP contribution in [0.25, 0.3) is 0 Å². The van der Waals surface area contributed by atoms with Gasteiger partial charge in [-0.05, 0) is 47.4 Å². The van der Waals surface area contributed by atoms with E-state index < -0.39 is 0 Å². The zero-order chi connectivity index (χ0) is 10.8. The van der Waals surface area contributed by atoms with Gasteiger partial charge in [-0.1, -0.05) is 22.4 Å². The van der Waals surface area contributed by atoms with Crippen molar-refractivity contribution in [3.63, 3.8) is 0 Å². The number of rotatable bonds is 1. The van der Waals surface area contributed by atoms with Crippen molar-refractivity contribution >= 4 is 31.9 Å².